The van der Waals surface area contributed by atoms with Crippen LogP contribution in [0.4, 0.5) is 0 Å². The fraction of sp³-hybridized carbons (Fsp3) is 0.818. The van der Waals surface area contributed by atoms with Gasteiger partial charge in [0.05, 0.1) is 38.5 Å². The molecule has 11 heteroatoms. The minimum Gasteiger partial charge on any atom is -0.475 e. The van der Waals surface area contributed by atoms with Gasteiger partial charge in [-0.2, -0.15) is 4.37 Å². The van der Waals surface area contributed by atoms with E-state index in [9.17, 15) is 9.46 Å². The van der Waals surface area contributed by atoms with Gasteiger partial charge < -0.3 is 14.4 Å². The molecule has 0 aromatic carbocycles. The van der Waals surface area contributed by atoms with Crippen molar-refractivity contribution in [3.63, 3.8) is 0 Å². The summed E-state index contributed by atoms with van der Waals surface area (Å²) in [5.41, 5.74) is 1.79. The average Bonchev–Trinajstić information content (AvgIpc) is 3.24. The van der Waals surface area contributed by atoms with Crippen molar-refractivity contribution in [3.8, 4) is 5.88 Å². The number of ether oxygens (including phenoxy) is 2. The maximum absolute atomic E-state index is 12.5. The molecule has 0 aliphatic carbocycles. The molecule has 0 spiro atoms. The highest BCUT2D eigenvalue weighted by Crippen LogP contribution is 2.46. The molecular weight excluding hydrogens is 465 g/mol. The number of quaternary nitrogens is 1. The zero-order valence-electron chi connectivity index (χ0n) is 20.5. The van der Waals surface area contributed by atoms with Crippen molar-refractivity contribution < 1.29 is 32.5 Å². The SMILES string of the molecule is CCCCCCOc1nsnc1C1=CCC[N+](C)([C@@H](C)OP(=O)(O)OCCCOCCC)C1. The van der Waals surface area contributed by atoms with Crippen LogP contribution in [0, 0.1) is 0 Å². The molecule has 1 aromatic rings. The summed E-state index contributed by atoms with van der Waals surface area (Å²) in [6.07, 6.45) is 8.43. The molecule has 2 rings (SSSR count). The van der Waals surface area contributed by atoms with Gasteiger partial charge in [-0.1, -0.05) is 39.2 Å². The molecule has 33 heavy (non-hydrogen) atoms. The van der Waals surface area contributed by atoms with Gasteiger partial charge >= 0.3 is 7.82 Å². The summed E-state index contributed by atoms with van der Waals surface area (Å²) in [7, 11) is -2.15. The van der Waals surface area contributed by atoms with Crippen LogP contribution >= 0.6 is 19.6 Å². The van der Waals surface area contributed by atoms with Crippen molar-refractivity contribution in [2.24, 2.45) is 0 Å². The van der Waals surface area contributed by atoms with E-state index in [1.165, 1.54) is 12.8 Å². The summed E-state index contributed by atoms with van der Waals surface area (Å²) >= 11 is 1.14. The fourth-order valence-corrected chi connectivity index (χ4v) is 5.21. The van der Waals surface area contributed by atoms with E-state index in [1.54, 1.807) is 0 Å². The van der Waals surface area contributed by atoms with Crippen LogP contribution in [0.1, 0.15) is 71.4 Å². The van der Waals surface area contributed by atoms with Crippen molar-refractivity contribution in [2.45, 2.75) is 71.9 Å². The maximum Gasteiger partial charge on any atom is 0.476 e. The smallest absolute Gasteiger partial charge is 0.475 e. The number of nitrogens with zero attached hydrogens (tertiary/aromatic N) is 3. The highest BCUT2D eigenvalue weighted by molar-refractivity contribution is 7.47. The number of rotatable bonds is 17. The van der Waals surface area contributed by atoms with Crippen molar-refractivity contribution in [3.05, 3.63) is 11.8 Å². The topological polar surface area (TPSA) is 100 Å². The molecule has 1 aliphatic rings. The summed E-state index contributed by atoms with van der Waals surface area (Å²) in [5.74, 6) is 0.575. The van der Waals surface area contributed by atoms with Crippen LogP contribution in [0.25, 0.3) is 5.57 Å². The summed E-state index contributed by atoms with van der Waals surface area (Å²) in [4.78, 5) is 10.2. The minimum atomic E-state index is -4.17. The van der Waals surface area contributed by atoms with Crippen LogP contribution in [0.5, 0.6) is 5.88 Å². The predicted octanol–water partition coefficient (Wildman–Crippen LogP) is 5.03. The average molecular weight is 507 g/mol. The van der Waals surface area contributed by atoms with Crippen LogP contribution in [-0.4, -0.2) is 70.9 Å². The molecule has 9 nitrogen and oxygen atoms in total. The second kappa shape index (κ2) is 14.5. The Bertz CT molecular complexity index is 777. The molecule has 0 radical (unpaired) electrons. The first-order valence-electron chi connectivity index (χ1n) is 12.0. The Hall–Kier alpha value is -0.870. The summed E-state index contributed by atoms with van der Waals surface area (Å²) < 4.78 is 43.7. The van der Waals surface area contributed by atoms with Crippen LogP contribution in [-0.2, 0) is 18.3 Å². The van der Waals surface area contributed by atoms with E-state index in [1.807, 2.05) is 20.9 Å². The molecular formula is C22H41N3O6PS+. The third-order valence-electron chi connectivity index (χ3n) is 5.76. The van der Waals surface area contributed by atoms with E-state index in [4.69, 9.17) is 18.5 Å². The molecule has 2 heterocycles. The molecule has 1 aromatic heterocycles. The van der Waals surface area contributed by atoms with E-state index >= 15 is 0 Å². The first kappa shape index (κ1) is 28.4. The number of likely N-dealkylation sites (N-methyl/N-ethyl adjacent to an activating group) is 1. The number of phosphoric acid groups is 1. The molecule has 0 fully saturated rings. The normalized spacial score (nSPS) is 21.4. The van der Waals surface area contributed by atoms with Gasteiger partial charge in [0, 0.05) is 32.1 Å². The summed E-state index contributed by atoms with van der Waals surface area (Å²) in [5, 5.41) is 0. The van der Waals surface area contributed by atoms with Crippen LogP contribution in [0.3, 0.4) is 0 Å². The Morgan fingerprint density at radius 3 is 2.70 bits per heavy atom. The third-order valence-corrected chi connectivity index (χ3v) is 7.35. The summed E-state index contributed by atoms with van der Waals surface area (Å²) in [6.45, 7) is 9.32. The highest BCUT2D eigenvalue weighted by atomic mass is 32.1. The van der Waals surface area contributed by atoms with E-state index in [-0.39, 0.29) is 6.61 Å². The number of aromatic nitrogens is 2. The zero-order chi connectivity index (χ0) is 24.2. The maximum atomic E-state index is 12.5. The van der Waals surface area contributed by atoms with Crippen molar-refractivity contribution in [1.82, 2.24) is 8.75 Å². The van der Waals surface area contributed by atoms with Gasteiger partial charge in [-0.05, 0) is 19.3 Å². The zero-order valence-corrected chi connectivity index (χ0v) is 22.2. The van der Waals surface area contributed by atoms with Gasteiger partial charge in [-0.15, -0.1) is 4.37 Å². The Morgan fingerprint density at radius 2 is 1.94 bits per heavy atom. The molecule has 0 bridgehead atoms. The monoisotopic (exact) mass is 506 g/mol. The standard InChI is InChI=1S/C22H40N3O6PS/c1-5-7-8-9-16-29-22-21(23-33-24-22)20-12-10-13-25(4,18-20)19(3)31-32(26,27)30-17-11-15-28-14-6-2/h12,19H,5-11,13-18H2,1-4H3/p+1/t19-,25?/m1/s1. The fourth-order valence-electron chi connectivity index (χ4n) is 3.64. The molecule has 2 unspecified atom stereocenters. The van der Waals surface area contributed by atoms with E-state index in [0.717, 1.165) is 55.2 Å². The molecule has 3 atom stereocenters. The number of hydrogen-bond donors (Lipinski definition) is 1. The van der Waals surface area contributed by atoms with Gasteiger partial charge in [0.2, 0.25) is 6.23 Å². The van der Waals surface area contributed by atoms with E-state index < -0.39 is 14.1 Å². The second-order valence-corrected chi connectivity index (χ2v) is 10.6. The van der Waals surface area contributed by atoms with Crippen LogP contribution < -0.4 is 4.74 Å². The number of unbranched alkanes of at least 4 members (excludes halogenated alkanes) is 3. The van der Waals surface area contributed by atoms with Crippen molar-refractivity contribution in [1.29, 1.82) is 0 Å². The molecule has 190 valence electrons. The molecule has 0 saturated heterocycles. The number of phosphoric ester groups is 1. The van der Waals surface area contributed by atoms with Gasteiger partial charge in [0.25, 0.3) is 5.88 Å². The minimum absolute atomic E-state index is 0.114. The third kappa shape index (κ3) is 9.72. The Morgan fingerprint density at radius 1 is 1.12 bits per heavy atom. The second-order valence-electron chi connectivity index (χ2n) is 8.68. The molecule has 1 N–H and O–H groups in total. The van der Waals surface area contributed by atoms with Gasteiger partial charge in [0.1, 0.15) is 12.2 Å². The highest BCUT2D eigenvalue weighted by Gasteiger charge is 2.39. The lowest BCUT2D eigenvalue weighted by molar-refractivity contribution is -0.943. The van der Waals surface area contributed by atoms with Gasteiger partial charge in [-0.25, -0.2) is 9.09 Å². The largest absolute Gasteiger partial charge is 0.476 e. The first-order chi connectivity index (χ1) is 15.8. The Balaban J connectivity index is 1.89. The first-order valence-corrected chi connectivity index (χ1v) is 14.3. The molecule has 0 saturated carbocycles. The molecule has 0 amide bonds. The lowest BCUT2D eigenvalue weighted by Gasteiger charge is -2.41. The number of hydrogen-bond acceptors (Lipinski definition) is 8. The van der Waals surface area contributed by atoms with Gasteiger partial charge in [0.15, 0.2) is 0 Å². The quantitative estimate of drug-likeness (QED) is 0.178. The predicted molar refractivity (Wildman–Crippen MR) is 130 cm³/mol. The van der Waals surface area contributed by atoms with E-state index in [2.05, 4.69) is 21.7 Å². The van der Waals surface area contributed by atoms with Crippen molar-refractivity contribution in [2.75, 3.05) is 46.6 Å². The summed E-state index contributed by atoms with van der Waals surface area (Å²) in [6, 6.07) is 0. The molecule has 1 aliphatic heterocycles. The Labute approximate surface area is 202 Å². The lowest BCUT2D eigenvalue weighted by atomic mass is 10.0. The van der Waals surface area contributed by atoms with E-state index in [0.29, 0.717) is 43.1 Å². The van der Waals surface area contributed by atoms with Gasteiger partial charge in [-0.3, -0.25) is 9.01 Å². The van der Waals surface area contributed by atoms with Crippen LogP contribution in [0.2, 0.25) is 0 Å². The van der Waals surface area contributed by atoms with Crippen molar-refractivity contribution >= 4 is 25.1 Å². The Kier molecular flexibility index (Phi) is 12.5. The lowest BCUT2D eigenvalue weighted by Crippen LogP contribution is -2.54. The van der Waals surface area contributed by atoms with Crippen LogP contribution in [0.15, 0.2) is 6.08 Å².